The molecule has 7 nitrogen and oxygen atoms in total. The molecule has 0 spiro atoms. The van der Waals surface area contributed by atoms with E-state index in [1.165, 1.54) is 6.07 Å². The summed E-state index contributed by atoms with van der Waals surface area (Å²) in [5, 5.41) is 7.37. The minimum Gasteiger partial charge on any atom is -0.484 e. The Morgan fingerprint density at radius 2 is 1.94 bits per heavy atom. The number of alkyl halides is 2. The van der Waals surface area contributed by atoms with Crippen molar-refractivity contribution in [3.8, 4) is 22.8 Å². The number of nitrogens with one attached hydrogen (secondary N) is 2. The second-order valence-corrected chi connectivity index (χ2v) is 7.90. The van der Waals surface area contributed by atoms with E-state index in [1.807, 2.05) is 0 Å². The molecule has 0 bridgehead atoms. The maximum Gasteiger partial charge on any atom is 0.387 e. The van der Waals surface area contributed by atoms with Gasteiger partial charge < -0.3 is 14.8 Å². The van der Waals surface area contributed by atoms with E-state index in [-0.39, 0.29) is 24.2 Å². The van der Waals surface area contributed by atoms with Crippen molar-refractivity contribution >= 4 is 34.0 Å². The number of ether oxygens (including phenoxy) is 2. The number of amides is 2. The number of aromatic nitrogens is 1. The minimum absolute atomic E-state index is 0.00247. The topological polar surface area (TPSA) is 89.5 Å². The lowest BCUT2D eigenvalue weighted by molar-refractivity contribution is -0.118. The van der Waals surface area contributed by atoms with Gasteiger partial charge in [-0.05, 0) is 37.1 Å². The first kappa shape index (κ1) is 21.7. The van der Waals surface area contributed by atoms with Crippen LogP contribution in [0.25, 0.3) is 11.3 Å². The Bertz CT molecular complexity index is 1120. The third-order valence-electron chi connectivity index (χ3n) is 4.55. The first-order valence-corrected chi connectivity index (χ1v) is 10.7. The molecule has 0 aliphatic heterocycles. The largest absolute Gasteiger partial charge is 0.484 e. The molecule has 3 aromatic rings. The smallest absolute Gasteiger partial charge is 0.387 e. The molecule has 2 aromatic carbocycles. The SMILES string of the molecule is O=C(COc1cccc(NC(=O)C2CC2)c1)Nc1nc(-c2ccccc2OC(F)F)cs1. The molecule has 1 aliphatic rings. The fraction of sp³-hybridized carbons (Fsp3) is 0.227. The van der Waals surface area contributed by atoms with Crippen LogP contribution in [0, 0.1) is 5.92 Å². The van der Waals surface area contributed by atoms with Crippen molar-refractivity contribution in [3.05, 3.63) is 53.9 Å². The molecule has 1 saturated carbocycles. The van der Waals surface area contributed by atoms with Crippen LogP contribution in [0.1, 0.15) is 12.8 Å². The van der Waals surface area contributed by atoms with Crippen LogP contribution in [0.5, 0.6) is 11.5 Å². The van der Waals surface area contributed by atoms with Crippen LogP contribution in [-0.2, 0) is 9.59 Å². The Hall–Kier alpha value is -3.53. The summed E-state index contributed by atoms with van der Waals surface area (Å²) in [5.41, 5.74) is 1.40. The number of halogens is 2. The molecule has 2 N–H and O–H groups in total. The van der Waals surface area contributed by atoms with Crippen molar-refractivity contribution in [1.29, 1.82) is 0 Å². The van der Waals surface area contributed by atoms with Crippen molar-refractivity contribution in [2.45, 2.75) is 19.5 Å². The summed E-state index contributed by atoms with van der Waals surface area (Å²) in [4.78, 5) is 28.4. The summed E-state index contributed by atoms with van der Waals surface area (Å²) in [6, 6.07) is 13.1. The quantitative estimate of drug-likeness (QED) is 0.481. The zero-order chi connectivity index (χ0) is 22.5. The molecule has 1 fully saturated rings. The Morgan fingerprint density at radius 1 is 1.12 bits per heavy atom. The minimum atomic E-state index is -2.95. The standard InChI is InChI=1S/C22H19F2N3O4S/c23-21(24)31-18-7-2-1-6-16(18)17-12-32-22(26-17)27-19(28)11-30-15-5-3-4-14(10-15)25-20(29)13-8-9-13/h1-7,10,12-13,21H,8-9,11H2,(H,25,29)(H,26,27,28). The van der Waals surface area contributed by atoms with Gasteiger partial charge in [0, 0.05) is 28.6 Å². The predicted molar refractivity (Wildman–Crippen MR) is 116 cm³/mol. The van der Waals surface area contributed by atoms with Gasteiger partial charge in [0.15, 0.2) is 11.7 Å². The van der Waals surface area contributed by atoms with Gasteiger partial charge in [0.1, 0.15) is 11.5 Å². The highest BCUT2D eigenvalue weighted by Gasteiger charge is 2.29. The molecule has 1 aromatic heterocycles. The van der Waals surface area contributed by atoms with E-state index in [9.17, 15) is 18.4 Å². The zero-order valence-corrected chi connectivity index (χ0v) is 17.5. The van der Waals surface area contributed by atoms with Crippen LogP contribution in [0.4, 0.5) is 19.6 Å². The van der Waals surface area contributed by atoms with E-state index >= 15 is 0 Å². The van der Waals surface area contributed by atoms with E-state index in [0.717, 1.165) is 24.2 Å². The van der Waals surface area contributed by atoms with Crippen LogP contribution in [-0.4, -0.2) is 30.0 Å². The number of rotatable bonds is 9. The second kappa shape index (κ2) is 9.73. The molecule has 0 radical (unpaired) electrons. The number of nitrogens with zero attached hydrogens (tertiary/aromatic N) is 1. The van der Waals surface area contributed by atoms with Gasteiger partial charge in [-0.3, -0.25) is 14.9 Å². The van der Waals surface area contributed by atoms with Crippen molar-refractivity contribution in [2.75, 3.05) is 17.2 Å². The van der Waals surface area contributed by atoms with Gasteiger partial charge in [0.25, 0.3) is 5.91 Å². The molecule has 1 aliphatic carbocycles. The molecule has 0 unspecified atom stereocenters. The van der Waals surface area contributed by atoms with Gasteiger partial charge in [0.2, 0.25) is 5.91 Å². The third kappa shape index (κ3) is 5.79. The number of benzene rings is 2. The molecule has 10 heteroatoms. The Morgan fingerprint density at radius 3 is 2.72 bits per heavy atom. The highest BCUT2D eigenvalue weighted by molar-refractivity contribution is 7.14. The maximum absolute atomic E-state index is 12.6. The zero-order valence-electron chi connectivity index (χ0n) is 16.7. The van der Waals surface area contributed by atoms with Crippen LogP contribution in [0.3, 0.4) is 0 Å². The molecule has 32 heavy (non-hydrogen) atoms. The Kier molecular flexibility index (Phi) is 6.60. The summed E-state index contributed by atoms with van der Waals surface area (Å²) in [5.74, 6) is 0.0761. The highest BCUT2D eigenvalue weighted by atomic mass is 32.1. The molecule has 166 valence electrons. The molecular formula is C22H19F2N3O4S. The van der Waals surface area contributed by atoms with Crippen LogP contribution >= 0.6 is 11.3 Å². The number of thiazole rings is 1. The molecule has 0 atom stereocenters. The van der Waals surface area contributed by atoms with Gasteiger partial charge in [-0.15, -0.1) is 11.3 Å². The third-order valence-corrected chi connectivity index (χ3v) is 5.31. The molecule has 2 amide bonds. The maximum atomic E-state index is 12.6. The lowest BCUT2D eigenvalue weighted by Gasteiger charge is -2.09. The first-order chi connectivity index (χ1) is 15.5. The fourth-order valence-corrected chi connectivity index (χ4v) is 3.62. The predicted octanol–water partition coefficient (Wildman–Crippen LogP) is 4.78. The Labute approximate surface area is 186 Å². The van der Waals surface area contributed by atoms with Crippen molar-refractivity contribution in [3.63, 3.8) is 0 Å². The first-order valence-electron chi connectivity index (χ1n) is 9.81. The van der Waals surface area contributed by atoms with Crippen LogP contribution in [0.15, 0.2) is 53.9 Å². The molecule has 4 rings (SSSR count). The number of hydrogen-bond donors (Lipinski definition) is 2. The average Bonchev–Trinajstić information content (AvgIpc) is 3.52. The molecule has 0 saturated heterocycles. The number of hydrogen-bond acceptors (Lipinski definition) is 6. The lowest BCUT2D eigenvalue weighted by atomic mass is 10.1. The Balaban J connectivity index is 1.33. The van der Waals surface area contributed by atoms with Gasteiger partial charge >= 0.3 is 6.61 Å². The number of para-hydroxylation sites is 1. The fourth-order valence-electron chi connectivity index (χ4n) is 2.89. The van der Waals surface area contributed by atoms with E-state index in [2.05, 4.69) is 20.4 Å². The molecular weight excluding hydrogens is 440 g/mol. The van der Waals surface area contributed by atoms with Crippen molar-refractivity contribution in [2.24, 2.45) is 5.92 Å². The van der Waals surface area contributed by atoms with Crippen molar-refractivity contribution in [1.82, 2.24) is 4.98 Å². The highest BCUT2D eigenvalue weighted by Crippen LogP contribution is 2.33. The number of carbonyl (C=O) groups excluding carboxylic acids is 2. The van der Waals surface area contributed by atoms with E-state index < -0.39 is 12.5 Å². The van der Waals surface area contributed by atoms with Gasteiger partial charge in [-0.1, -0.05) is 18.2 Å². The van der Waals surface area contributed by atoms with Crippen LogP contribution < -0.4 is 20.1 Å². The van der Waals surface area contributed by atoms with E-state index in [4.69, 9.17) is 4.74 Å². The summed E-state index contributed by atoms with van der Waals surface area (Å²) < 4.78 is 35.3. The summed E-state index contributed by atoms with van der Waals surface area (Å²) in [6.45, 7) is -3.22. The summed E-state index contributed by atoms with van der Waals surface area (Å²) in [7, 11) is 0. The monoisotopic (exact) mass is 459 g/mol. The molecule has 1 heterocycles. The van der Waals surface area contributed by atoms with Gasteiger partial charge in [-0.25, -0.2) is 4.98 Å². The van der Waals surface area contributed by atoms with Gasteiger partial charge in [0.05, 0.1) is 5.69 Å². The van der Waals surface area contributed by atoms with E-state index in [0.29, 0.717) is 27.8 Å². The second-order valence-electron chi connectivity index (χ2n) is 7.04. The normalized spacial score (nSPS) is 13.0. The van der Waals surface area contributed by atoms with E-state index in [1.54, 1.807) is 47.8 Å². The lowest BCUT2D eigenvalue weighted by Crippen LogP contribution is -2.20. The van der Waals surface area contributed by atoms with Crippen LogP contribution in [0.2, 0.25) is 0 Å². The van der Waals surface area contributed by atoms with Gasteiger partial charge in [-0.2, -0.15) is 8.78 Å². The number of anilines is 2. The summed E-state index contributed by atoms with van der Waals surface area (Å²) >= 11 is 1.15. The van der Waals surface area contributed by atoms with Crippen molar-refractivity contribution < 1.29 is 27.8 Å². The number of carbonyl (C=O) groups is 2. The average molecular weight is 459 g/mol. The summed E-state index contributed by atoms with van der Waals surface area (Å²) in [6.07, 6.45) is 1.82.